The van der Waals surface area contributed by atoms with E-state index in [1.54, 1.807) is 30.6 Å². The molecule has 0 radical (unpaired) electrons. The molecule has 228 valence electrons. The molecule has 7 heteroatoms. The van der Waals surface area contributed by atoms with E-state index in [0.717, 1.165) is 80.4 Å². The van der Waals surface area contributed by atoms with Crippen molar-refractivity contribution >= 4 is 29.5 Å². The van der Waals surface area contributed by atoms with E-state index in [9.17, 15) is 0 Å². The molecule has 4 aromatic rings. The number of H-pyrrole nitrogens is 2. The summed E-state index contributed by atoms with van der Waals surface area (Å²) < 4.78 is 15.2. The molecule has 0 spiro atoms. The van der Waals surface area contributed by atoms with Gasteiger partial charge in [-0.25, -0.2) is 4.39 Å². The molecule has 1 fully saturated rings. The van der Waals surface area contributed by atoms with Gasteiger partial charge in [-0.1, -0.05) is 44.4 Å². The summed E-state index contributed by atoms with van der Waals surface area (Å²) in [6.45, 7) is 17.9. The third-order valence-electron chi connectivity index (χ3n) is 8.65. The molecule has 6 nitrogen and oxygen atoms in total. The molecule has 0 amide bonds. The number of anilines is 1. The molecular weight excluding hydrogens is 547 g/mol. The molecule has 1 saturated heterocycles. The van der Waals surface area contributed by atoms with Crippen molar-refractivity contribution in [1.29, 1.82) is 0 Å². The summed E-state index contributed by atoms with van der Waals surface area (Å²) in [4.78, 5) is 10.2. The molecule has 1 aliphatic heterocycles. The van der Waals surface area contributed by atoms with Crippen molar-refractivity contribution in [3.05, 3.63) is 112 Å². The first-order valence-corrected chi connectivity index (χ1v) is 15.5. The van der Waals surface area contributed by atoms with Crippen LogP contribution >= 0.6 is 0 Å². The number of pyridine rings is 1. The van der Waals surface area contributed by atoms with Crippen molar-refractivity contribution < 1.29 is 4.39 Å². The molecule has 1 unspecified atom stereocenters. The summed E-state index contributed by atoms with van der Waals surface area (Å²) in [7, 11) is 0. The topological polar surface area (TPSA) is 86.6 Å². The van der Waals surface area contributed by atoms with Gasteiger partial charge in [-0.05, 0) is 123 Å². The van der Waals surface area contributed by atoms with Gasteiger partial charge in [0, 0.05) is 28.9 Å². The van der Waals surface area contributed by atoms with Crippen LogP contribution in [-0.2, 0) is 0 Å². The molecule has 0 saturated carbocycles. The normalized spacial score (nSPS) is 15.7. The van der Waals surface area contributed by atoms with Gasteiger partial charge < -0.3 is 15.6 Å². The van der Waals surface area contributed by atoms with Gasteiger partial charge in [0.05, 0.1) is 16.7 Å². The lowest BCUT2D eigenvalue weighted by molar-refractivity contribution is 0.319. The molecule has 0 aliphatic carbocycles. The Morgan fingerprint density at radius 3 is 2.64 bits per heavy atom. The fourth-order valence-corrected chi connectivity index (χ4v) is 6.10. The van der Waals surface area contributed by atoms with Gasteiger partial charge in [0.15, 0.2) is 0 Å². The van der Waals surface area contributed by atoms with Crippen LogP contribution in [0, 0.1) is 12.7 Å². The van der Waals surface area contributed by atoms with E-state index in [1.165, 1.54) is 25.9 Å². The van der Waals surface area contributed by atoms with Gasteiger partial charge in [-0.15, -0.1) is 0 Å². The molecule has 4 heterocycles. The van der Waals surface area contributed by atoms with Crippen molar-refractivity contribution in [2.45, 2.75) is 52.4 Å². The van der Waals surface area contributed by atoms with Crippen LogP contribution in [-0.4, -0.2) is 44.7 Å². The average molecular weight is 591 g/mol. The monoisotopic (exact) mass is 590 g/mol. The number of nitrogens with two attached hydrogens (primary N) is 1. The van der Waals surface area contributed by atoms with Gasteiger partial charge in [-0.3, -0.25) is 10.1 Å². The minimum atomic E-state index is -0.217. The number of hydrogen-bond donors (Lipinski definition) is 3. The lowest BCUT2D eigenvalue weighted by Gasteiger charge is -2.21. The second kappa shape index (κ2) is 13.9. The quantitative estimate of drug-likeness (QED) is 0.169. The van der Waals surface area contributed by atoms with Crippen molar-refractivity contribution in [1.82, 2.24) is 25.1 Å². The molecule has 4 N–H and O–H groups in total. The molecule has 44 heavy (non-hydrogen) atoms. The van der Waals surface area contributed by atoms with Crippen LogP contribution in [0.2, 0.25) is 0 Å². The maximum Gasteiger partial charge on any atom is 0.124 e. The van der Waals surface area contributed by atoms with Gasteiger partial charge in [0.1, 0.15) is 11.5 Å². The van der Waals surface area contributed by atoms with Gasteiger partial charge in [0.2, 0.25) is 0 Å². The van der Waals surface area contributed by atoms with Gasteiger partial charge in [-0.2, -0.15) is 5.10 Å². The number of aromatic amines is 2. The second-order valence-corrected chi connectivity index (χ2v) is 11.7. The highest BCUT2D eigenvalue weighted by Crippen LogP contribution is 2.33. The summed E-state index contributed by atoms with van der Waals surface area (Å²) >= 11 is 0. The van der Waals surface area contributed by atoms with Gasteiger partial charge in [0.25, 0.3) is 0 Å². The van der Waals surface area contributed by atoms with E-state index in [4.69, 9.17) is 5.73 Å². The smallest absolute Gasteiger partial charge is 0.124 e. The number of allylic oxidation sites excluding steroid dienone is 4. The highest BCUT2D eigenvalue weighted by atomic mass is 19.1. The van der Waals surface area contributed by atoms with Crippen LogP contribution in [0.15, 0.2) is 67.5 Å². The van der Waals surface area contributed by atoms with Crippen molar-refractivity contribution in [3.8, 4) is 11.4 Å². The fraction of sp³-hybridized carbons (Fsp3) is 0.297. The number of nitrogens with one attached hydrogen (secondary N) is 2. The lowest BCUT2D eigenvalue weighted by atomic mass is 9.88. The molecule has 1 aromatic carbocycles. The third-order valence-corrected chi connectivity index (χ3v) is 8.65. The summed E-state index contributed by atoms with van der Waals surface area (Å²) in [5.74, 6) is 0.0869. The number of rotatable bonds is 11. The largest absolute Gasteiger partial charge is 0.397 e. The number of benzene rings is 1. The zero-order valence-corrected chi connectivity index (χ0v) is 26.1. The van der Waals surface area contributed by atoms with Crippen LogP contribution in [0.3, 0.4) is 0 Å². The Kier molecular flexibility index (Phi) is 9.75. The number of aromatic nitrogens is 4. The fourth-order valence-electron chi connectivity index (χ4n) is 6.10. The summed E-state index contributed by atoms with van der Waals surface area (Å²) in [5.41, 5.74) is 14.8. The highest BCUT2D eigenvalue weighted by molar-refractivity contribution is 5.84. The Hall–Kier alpha value is -4.49. The first-order chi connectivity index (χ1) is 21.3. The van der Waals surface area contributed by atoms with Crippen LogP contribution < -0.4 is 16.3 Å². The van der Waals surface area contributed by atoms with Crippen molar-refractivity contribution in [3.63, 3.8) is 0 Å². The Labute approximate surface area is 259 Å². The van der Waals surface area contributed by atoms with Crippen LogP contribution in [0.25, 0.3) is 35.2 Å². The zero-order valence-electron chi connectivity index (χ0n) is 26.1. The first-order valence-electron chi connectivity index (χ1n) is 15.5. The maximum absolute atomic E-state index is 15.2. The van der Waals surface area contributed by atoms with Crippen LogP contribution in [0.5, 0.6) is 0 Å². The molecule has 1 atom stereocenters. The van der Waals surface area contributed by atoms with Gasteiger partial charge >= 0.3 is 0 Å². The predicted octanol–water partition coefficient (Wildman–Crippen LogP) is 6.72. The number of halogens is 1. The zero-order chi connectivity index (χ0) is 31.2. The maximum atomic E-state index is 15.2. The second-order valence-electron chi connectivity index (χ2n) is 11.7. The van der Waals surface area contributed by atoms with Crippen LogP contribution in [0.4, 0.5) is 10.1 Å². The van der Waals surface area contributed by atoms with Crippen molar-refractivity contribution in [2.24, 2.45) is 0 Å². The Balaban J connectivity index is 1.44. The number of hydrogen-bond acceptors (Lipinski definition) is 4. The minimum absolute atomic E-state index is 0.217. The number of nitrogen functional groups attached to an aromatic ring is 1. The van der Waals surface area contributed by atoms with Crippen molar-refractivity contribution in [2.75, 3.05) is 25.4 Å². The summed E-state index contributed by atoms with van der Waals surface area (Å²) in [5, 5.41) is 9.28. The van der Waals surface area contributed by atoms with E-state index in [1.807, 2.05) is 38.1 Å². The first kappa shape index (κ1) is 31.0. The number of nitrogens with zero attached hydrogens (tertiary/aromatic N) is 3. The number of aryl methyl sites for hydroxylation is 1. The Morgan fingerprint density at radius 2 is 1.91 bits per heavy atom. The molecule has 0 bridgehead atoms. The Morgan fingerprint density at radius 1 is 1.11 bits per heavy atom. The molecule has 1 aliphatic rings. The van der Waals surface area contributed by atoms with Crippen LogP contribution in [0.1, 0.15) is 73.4 Å². The molecular formula is C37H43FN6. The summed E-state index contributed by atoms with van der Waals surface area (Å²) in [6, 6.07) is 9.44. The SMILES string of the molecule is C=C/C=C(/c1cc(F)cc(C(CC)CCN2CCCC2)c1)c1cc(-c2n[nH]/c(=C/C=C(\C)c3cncc(N)c3)c2=C)[nH]c1C. The van der Waals surface area contributed by atoms with E-state index in [2.05, 4.69) is 57.3 Å². The standard InChI is InChI=1S/C37H43FN6/c1-6-10-33(29-17-28(18-31(38)19-29)27(7-2)13-16-44-14-8-9-15-44)34-21-36(41-26(34)5)37-25(4)35(42-43-37)12-11-24(3)30-20-32(39)23-40-22-30/h6,10-12,17-23,27,41-42H,1,4,7-9,13-16,39H2,2-3,5H3/b24-11+,33-10-,35-12+. The minimum Gasteiger partial charge on any atom is -0.397 e. The Bertz CT molecular complexity index is 1800. The van der Waals surface area contributed by atoms with E-state index in [0.29, 0.717) is 11.6 Å². The number of likely N-dealkylation sites (tertiary alicyclic amines) is 1. The van der Waals surface area contributed by atoms with E-state index < -0.39 is 0 Å². The average Bonchev–Trinajstić information content (AvgIpc) is 3.75. The summed E-state index contributed by atoms with van der Waals surface area (Å²) in [6.07, 6.45) is 15.6. The highest BCUT2D eigenvalue weighted by Gasteiger charge is 2.19. The molecule has 5 rings (SSSR count). The predicted molar refractivity (Wildman–Crippen MR) is 182 cm³/mol. The van der Waals surface area contributed by atoms with E-state index >= 15 is 4.39 Å². The van der Waals surface area contributed by atoms with E-state index in [-0.39, 0.29) is 5.82 Å². The third kappa shape index (κ3) is 7.00. The molecule has 3 aromatic heterocycles. The lowest BCUT2D eigenvalue weighted by Crippen LogP contribution is -2.22.